The number of ether oxygens (including phenoxy) is 1. The van der Waals surface area contributed by atoms with Crippen LogP contribution >= 0.6 is 0 Å². The summed E-state index contributed by atoms with van der Waals surface area (Å²) in [5.41, 5.74) is 1.91. The number of piperazine rings is 1. The van der Waals surface area contributed by atoms with Crippen molar-refractivity contribution in [3.8, 4) is 5.75 Å². The van der Waals surface area contributed by atoms with Crippen LogP contribution in [0.5, 0.6) is 5.75 Å². The lowest BCUT2D eigenvalue weighted by molar-refractivity contribution is -0.137. The first-order valence-corrected chi connectivity index (χ1v) is 9.58. The van der Waals surface area contributed by atoms with E-state index in [-0.39, 0.29) is 17.6 Å². The molecule has 1 atom stereocenters. The Hall–Kier alpha value is -2.89. The fourth-order valence-electron chi connectivity index (χ4n) is 3.89. The van der Waals surface area contributed by atoms with E-state index in [0.29, 0.717) is 50.5 Å². The number of carbonyl (C=O) groups excluding carboxylic acids is 2. The lowest BCUT2D eigenvalue weighted by Gasteiger charge is -2.38. The summed E-state index contributed by atoms with van der Waals surface area (Å²) in [5, 5.41) is 0. The van der Waals surface area contributed by atoms with Gasteiger partial charge in [0, 0.05) is 31.7 Å². The average molecular weight is 382 g/mol. The second-order valence-electron chi connectivity index (χ2n) is 7.35. The summed E-state index contributed by atoms with van der Waals surface area (Å²) < 4.78 is 20.1. The van der Waals surface area contributed by atoms with Crippen LogP contribution < -0.4 is 9.64 Å². The van der Waals surface area contributed by atoms with Crippen molar-refractivity contribution >= 4 is 17.4 Å². The number of hydrogen-bond acceptors (Lipinski definition) is 4. The number of benzene rings is 2. The fourth-order valence-corrected chi connectivity index (χ4v) is 3.89. The van der Waals surface area contributed by atoms with E-state index in [1.165, 1.54) is 13.0 Å². The van der Waals surface area contributed by atoms with Crippen molar-refractivity contribution < 1.29 is 18.7 Å². The Bertz CT molecular complexity index is 906. The van der Waals surface area contributed by atoms with Crippen molar-refractivity contribution in [2.75, 3.05) is 37.7 Å². The van der Waals surface area contributed by atoms with Gasteiger partial charge in [0.25, 0.3) is 0 Å². The molecule has 1 saturated heterocycles. The molecule has 28 heavy (non-hydrogen) atoms. The van der Waals surface area contributed by atoms with Crippen LogP contribution in [0.25, 0.3) is 0 Å². The molecule has 5 nitrogen and oxygen atoms in total. The molecule has 0 aliphatic carbocycles. The van der Waals surface area contributed by atoms with Crippen LogP contribution in [-0.2, 0) is 11.2 Å². The molecular formula is C22H23FN2O3. The number of amides is 1. The molecule has 0 saturated carbocycles. The van der Waals surface area contributed by atoms with E-state index in [0.717, 1.165) is 11.3 Å². The minimum absolute atomic E-state index is 0.0987. The molecule has 1 unspecified atom stereocenters. The van der Waals surface area contributed by atoms with Crippen LogP contribution in [0.15, 0.2) is 42.5 Å². The van der Waals surface area contributed by atoms with E-state index in [1.807, 2.05) is 34.1 Å². The van der Waals surface area contributed by atoms with Crippen LogP contribution in [-0.4, -0.2) is 49.4 Å². The van der Waals surface area contributed by atoms with Gasteiger partial charge in [0.05, 0.1) is 11.6 Å². The van der Waals surface area contributed by atoms with Gasteiger partial charge in [-0.1, -0.05) is 18.2 Å². The summed E-state index contributed by atoms with van der Waals surface area (Å²) in [6.07, 6.45) is 0.691. The Morgan fingerprint density at radius 2 is 1.82 bits per heavy atom. The lowest BCUT2D eigenvalue weighted by Crippen LogP contribution is -2.51. The van der Waals surface area contributed by atoms with Gasteiger partial charge in [0.15, 0.2) is 5.78 Å². The number of nitrogens with zero attached hydrogens (tertiary/aromatic N) is 2. The minimum Gasteiger partial charge on any atom is -0.492 e. The molecule has 146 valence electrons. The molecule has 4 rings (SSSR count). The maximum Gasteiger partial charge on any atom is 0.229 e. The average Bonchev–Trinajstić information content (AvgIpc) is 2.73. The number of anilines is 1. The van der Waals surface area contributed by atoms with E-state index < -0.39 is 5.82 Å². The molecule has 0 N–H and O–H groups in total. The van der Waals surface area contributed by atoms with Gasteiger partial charge in [-0.2, -0.15) is 0 Å². The highest BCUT2D eigenvalue weighted by Gasteiger charge is 2.31. The van der Waals surface area contributed by atoms with E-state index in [4.69, 9.17) is 4.74 Å². The topological polar surface area (TPSA) is 49.9 Å². The third-order valence-corrected chi connectivity index (χ3v) is 5.51. The number of Topliss-reactive ketones (excluding diaryl/α,β-unsaturated/α-hetero) is 1. The summed E-state index contributed by atoms with van der Waals surface area (Å²) >= 11 is 0. The van der Waals surface area contributed by atoms with Crippen molar-refractivity contribution in [2.24, 2.45) is 5.92 Å². The van der Waals surface area contributed by atoms with Crippen molar-refractivity contribution in [3.63, 3.8) is 0 Å². The molecular weight excluding hydrogens is 359 g/mol. The zero-order chi connectivity index (χ0) is 19.7. The molecule has 0 bridgehead atoms. The predicted octanol–water partition coefficient (Wildman–Crippen LogP) is 2.93. The summed E-state index contributed by atoms with van der Waals surface area (Å²) in [5.74, 6) is 0.234. The Balaban J connectivity index is 1.38. The SMILES string of the molecule is CC(=O)c1ccc(N2CCN(C(=O)C3COc4ccccc4C3)CC2)c(F)c1. The summed E-state index contributed by atoms with van der Waals surface area (Å²) in [7, 11) is 0. The zero-order valence-corrected chi connectivity index (χ0v) is 15.9. The van der Waals surface area contributed by atoms with Crippen LogP contribution in [0.4, 0.5) is 10.1 Å². The van der Waals surface area contributed by atoms with Crippen molar-refractivity contribution in [2.45, 2.75) is 13.3 Å². The molecule has 2 aromatic carbocycles. The normalized spacial score (nSPS) is 19.0. The number of rotatable bonds is 3. The Kier molecular flexibility index (Phi) is 5.03. The molecule has 0 radical (unpaired) electrons. The van der Waals surface area contributed by atoms with Gasteiger partial charge in [0.2, 0.25) is 5.91 Å². The van der Waals surface area contributed by atoms with Gasteiger partial charge in [-0.05, 0) is 43.2 Å². The first-order chi connectivity index (χ1) is 13.5. The Labute approximate surface area is 163 Å². The van der Waals surface area contributed by atoms with E-state index in [9.17, 15) is 14.0 Å². The van der Waals surface area contributed by atoms with E-state index >= 15 is 0 Å². The number of ketones is 1. The van der Waals surface area contributed by atoms with E-state index in [2.05, 4.69) is 0 Å². The summed E-state index contributed by atoms with van der Waals surface area (Å²) in [6, 6.07) is 12.4. The number of hydrogen-bond donors (Lipinski definition) is 0. The van der Waals surface area contributed by atoms with Crippen LogP contribution in [0.2, 0.25) is 0 Å². The highest BCUT2D eigenvalue weighted by molar-refractivity contribution is 5.94. The second-order valence-corrected chi connectivity index (χ2v) is 7.35. The zero-order valence-electron chi connectivity index (χ0n) is 15.9. The minimum atomic E-state index is -0.398. The smallest absolute Gasteiger partial charge is 0.229 e. The summed E-state index contributed by atoms with van der Waals surface area (Å²) in [4.78, 5) is 28.1. The van der Waals surface area contributed by atoms with Crippen molar-refractivity contribution in [1.29, 1.82) is 0 Å². The third kappa shape index (κ3) is 3.59. The fraction of sp³-hybridized carbons (Fsp3) is 0.364. The molecule has 2 aromatic rings. The molecule has 0 aromatic heterocycles. The quantitative estimate of drug-likeness (QED) is 0.766. The third-order valence-electron chi connectivity index (χ3n) is 5.51. The first-order valence-electron chi connectivity index (χ1n) is 9.58. The molecule has 0 spiro atoms. The number of carbonyl (C=O) groups is 2. The second kappa shape index (κ2) is 7.62. The number of halogens is 1. The predicted molar refractivity (Wildman–Crippen MR) is 104 cm³/mol. The van der Waals surface area contributed by atoms with E-state index in [1.54, 1.807) is 12.1 Å². The first kappa shape index (κ1) is 18.5. The molecule has 1 amide bonds. The van der Waals surface area contributed by atoms with Gasteiger partial charge in [-0.15, -0.1) is 0 Å². The number of para-hydroxylation sites is 1. The Morgan fingerprint density at radius 3 is 2.54 bits per heavy atom. The lowest BCUT2D eigenvalue weighted by atomic mass is 9.95. The van der Waals surface area contributed by atoms with Gasteiger partial charge in [-0.3, -0.25) is 9.59 Å². The van der Waals surface area contributed by atoms with Crippen molar-refractivity contribution in [1.82, 2.24) is 4.90 Å². The van der Waals surface area contributed by atoms with Gasteiger partial charge in [0.1, 0.15) is 18.2 Å². The number of fused-ring (bicyclic) bond motifs is 1. The van der Waals surface area contributed by atoms with Crippen LogP contribution in [0, 0.1) is 11.7 Å². The molecule has 2 heterocycles. The highest BCUT2D eigenvalue weighted by atomic mass is 19.1. The standard InChI is InChI=1S/C22H23FN2O3/c1-15(26)16-6-7-20(19(23)13-16)24-8-10-25(11-9-24)22(27)18-12-17-4-2-3-5-21(17)28-14-18/h2-7,13,18H,8-12,14H2,1H3. The largest absolute Gasteiger partial charge is 0.492 e. The maximum absolute atomic E-state index is 14.4. The van der Waals surface area contributed by atoms with Gasteiger partial charge < -0.3 is 14.5 Å². The maximum atomic E-state index is 14.4. The van der Waals surface area contributed by atoms with Gasteiger partial charge >= 0.3 is 0 Å². The molecule has 6 heteroatoms. The molecule has 2 aliphatic heterocycles. The van der Waals surface area contributed by atoms with Crippen LogP contribution in [0.1, 0.15) is 22.8 Å². The summed E-state index contributed by atoms with van der Waals surface area (Å²) in [6.45, 7) is 4.04. The van der Waals surface area contributed by atoms with Crippen molar-refractivity contribution in [3.05, 3.63) is 59.4 Å². The Morgan fingerprint density at radius 1 is 1.07 bits per heavy atom. The molecule has 1 fully saturated rings. The highest BCUT2D eigenvalue weighted by Crippen LogP contribution is 2.28. The monoisotopic (exact) mass is 382 g/mol. The molecule has 2 aliphatic rings. The van der Waals surface area contributed by atoms with Gasteiger partial charge in [-0.25, -0.2) is 4.39 Å². The van der Waals surface area contributed by atoms with Crippen LogP contribution in [0.3, 0.4) is 0 Å².